The summed E-state index contributed by atoms with van der Waals surface area (Å²) in [5.41, 5.74) is 2.06. The average Bonchev–Trinajstić information content (AvgIpc) is 2.26. The van der Waals surface area contributed by atoms with Crippen molar-refractivity contribution in [2.75, 3.05) is 6.54 Å². The van der Waals surface area contributed by atoms with Crippen LogP contribution in [0.25, 0.3) is 0 Å². The Morgan fingerprint density at radius 2 is 1.83 bits per heavy atom. The summed E-state index contributed by atoms with van der Waals surface area (Å²) in [6.07, 6.45) is 0. The van der Waals surface area contributed by atoms with E-state index in [2.05, 4.69) is 33.0 Å². The predicted molar refractivity (Wildman–Crippen MR) is 76.8 cm³/mol. The first kappa shape index (κ1) is 15.0. The molecule has 0 saturated heterocycles. The van der Waals surface area contributed by atoms with Gasteiger partial charge in [0.25, 0.3) is 5.56 Å². The van der Waals surface area contributed by atoms with E-state index in [1.54, 1.807) is 0 Å². The quantitative estimate of drug-likeness (QED) is 0.842. The summed E-state index contributed by atoms with van der Waals surface area (Å²) in [4.78, 5) is 12.3. The summed E-state index contributed by atoms with van der Waals surface area (Å²) in [5.74, 6) is 1.09. The first-order chi connectivity index (χ1) is 8.41. The molecular weight excluding hydrogens is 224 g/mol. The van der Waals surface area contributed by atoms with E-state index >= 15 is 0 Å². The van der Waals surface area contributed by atoms with Crippen molar-refractivity contribution in [1.29, 1.82) is 0 Å². The molecule has 0 atom stereocenters. The second-order valence-electron chi connectivity index (χ2n) is 5.83. The molecule has 1 rings (SSSR count). The lowest BCUT2D eigenvalue weighted by atomic mass is 10.1. The largest absolute Gasteiger partial charge is 0.312 e. The highest BCUT2D eigenvalue weighted by Gasteiger charge is 2.07. The summed E-state index contributed by atoms with van der Waals surface area (Å²) < 4.78 is 1.89. The van der Waals surface area contributed by atoms with Crippen molar-refractivity contribution >= 4 is 0 Å². The molecule has 3 nitrogen and oxygen atoms in total. The van der Waals surface area contributed by atoms with Crippen LogP contribution in [0.4, 0.5) is 0 Å². The van der Waals surface area contributed by atoms with Gasteiger partial charge < -0.3 is 9.88 Å². The number of nitrogens with zero attached hydrogens (tertiary/aromatic N) is 1. The fourth-order valence-electron chi connectivity index (χ4n) is 1.94. The van der Waals surface area contributed by atoms with Crippen LogP contribution in [-0.2, 0) is 13.1 Å². The molecule has 1 heterocycles. The SMILES string of the molecule is Cc1ccc(CNCC(C)C)c(=O)n1CC(C)C. The van der Waals surface area contributed by atoms with Crippen molar-refractivity contribution in [2.24, 2.45) is 11.8 Å². The van der Waals surface area contributed by atoms with Gasteiger partial charge in [-0.05, 0) is 31.4 Å². The van der Waals surface area contributed by atoms with Crippen molar-refractivity contribution in [3.8, 4) is 0 Å². The Hall–Kier alpha value is -1.09. The van der Waals surface area contributed by atoms with Crippen LogP contribution < -0.4 is 10.9 Å². The molecule has 0 aliphatic heterocycles. The third-order valence-electron chi connectivity index (χ3n) is 2.89. The van der Waals surface area contributed by atoms with Gasteiger partial charge in [-0.25, -0.2) is 0 Å². The normalized spacial score (nSPS) is 11.5. The molecule has 0 unspecified atom stereocenters. The molecule has 0 radical (unpaired) electrons. The molecule has 0 saturated carbocycles. The van der Waals surface area contributed by atoms with E-state index in [1.165, 1.54) is 0 Å². The molecular formula is C15H26N2O. The number of hydrogen-bond donors (Lipinski definition) is 1. The lowest BCUT2D eigenvalue weighted by Gasteiger charge is -2.14. The fourth-order valence-corrected chi connectivity index (χ4v) is 1.94. The Balaban J connectivity index is 2.84. The van der Waals surface area contributed by atoms with Crippen molar-refractivity contribution in [3.63, 3.8) is 0 Å². The molecule has 1 N–H and O–H groups in total. The highest BCUT2D eigenvalue weighted by Crippen LogP contribution is 2.03. The molecule has 0 bridgehead atoms. The molecule has 0 aliphatic carbocycles. The van der Waals surface area contributed by atoms with Crippen molar-refractivity contribution in [1.82, 2.24) is 9.88 Å². The van der Waals surface area contributed by atoms with Crippen LogP contribution >= 0.6 is 0 Å². The standard InChI is InChI=1S/C15H26N2O/c1-11(2)8-16-9-14-7-6-13(5)17(15(14)18)10-12(3)4/h6-7,11-12,16H,8-10H2,1-5H3. The van der Waals surface area contributed by atoms with E-state index in [9.17, 15) is 4.79 Å². The Bertz CT molecular complexity index is 433. The van der Waals surface area contributed by atoms with E-state index in [4.69, 9.17) is 0 Å². The van der Waals surface area contributed by atoms with Gasteiger partial charge in [-0.1, -0.05) is 33.8 Å². The monoisotopic (exact) mass is 250 g/mol. The van der Waals surface area contributed by atoms with Crippen molar-refractivity contribution in [3.05, 3.63) is 33.7 Å². The number of nitrogens with one attached hydrogen (secondary N) is 1. The minimum absolute atomic E-state index is 0.153. The first-order valence-corrected chi connectivity index (χ1v) is 6.81. The van der Waals surface area contributed by atoms with Crippen LogP contribution in [0.1, 0.15) is 39.0 Å². The highest BCUT2D eigenvalue weighted by atomic mass is 16.1. The Labute approximate surface area is 110 Å². The van der Waals surface area contributed by atoms with Crippen LogP contribution in [0, 0.1) is 18.8 Å². The summed E-state index contributed by atoms with van der Waals surface area (Å²) in [5, 5.41) is 3.33. The number of rotatable bonds is 6. The summed E-state index contributed by atoms with van der Waals surface area (Å²) in [6, 6.07) is 3.98. The van der Waals surface area contributed by atoms with Gasteiger partial charge in [-0.15, -0.1) is 0 Å². The second-order valence-corrected chi connectivity index (χ2v) is 5.83. The highest BCUT2D eigenvalue weighted by molar-refractivity contribution is 5.15. The van der Waals surface area contributed by atoms with Crippen LogP contribution in [0.15, 0.2) is 16.9 Å². The van der Waals surface area contributed by atoms with Crippen LogP contribution in [0.3, 0.4) is 0 Å². The van der Waals surface area contributed by atoms with Gasteiger partial charge in [0.1, 0.15) is 0 Å². The maximum Gasteiger partial charge on any atom is 0.255 e. The maximum absolute atomic E-state index is 12.3. The van der Waals surface area contributed by atoms with E-state index < -0.39 is 0 Å². The van der Waals surface area contributed by atoms with Crippen molar-refractivity contribution in [2.45, 2.75) is 47.7 Å². The molecule has 18 heavy (non-hydrogen) atoms. The molecule has 0 fully saturated rings. The van der Waals surface area contributed by atoms with E-state index in [1.807, 2.05) is 23.6 Å². The van der Waals surface area contributed by atoms with Gasteiger partial charge in [0.2, 0.25) is 0 Å². The molecule has 0 aliphatic rings. The van der Waals surface area contributed by atoms with Crippen molar-refractivity contribution < 1.29 is 0 Å². The van der Waals surface area contributed by atoms with Crippen LogP contribution in [0.2, 0.25) is 0 Å². The zero-order valence-corrected chi connectivity index (χ0v) is 12.3. The number of aryl methyl sites for hydroxylation is 1. The number of hydrogen-bond acceptors (Lipinski definition) is 2. The minimum atomic E-state index is 0.153. The van der Waals surface area contributed by atoms with Gasteiger partial charge in [0.15, 0.2) is 0 Å². The molecule has 0 spiro atoms. The topological polar surface area (TPSA) is 34.0 Å². The fraction of sp³-hybridized carbons (Fsp3) is 0.667. The Kier molecular flexibility index (Phi) is 5.60. The molecule has 0 aromatic carbocycles. The lowest BCUT2D eigenvalue weighted by molar-refractivity contribution is 0.495. The predicted octanol–water partition coefficient (Wildman–Crippen LogP) is 2.56. The number of pyridine rings is 1. The smallest absolute Gasteiger partial charge is 0.255 e. The summed E-state index contributed by atoms with van der Waals surface area (Å²) >= 11 is 0. The Morgan fingerprint density at radius 3 is 2.39 bits per heavy atom. The third kappa shape index (κ3) is 4.30. The van der Waals surface area contributed by atoms with E-state index in [0.717, 1.165) is 24.3 Å². The summed E-state index contributed by atoms with van der Waals surface area (Å²) in [7, 11) is 0. The average molecular weight is 250 g/mol. The second kappa shape index (κ2) is 6.74. The molecule has 0 amide bonds. The van der Waals surface area contributed by atoms with Gasteiger partial charge >= 0.3 is 0 Å². The first-order valence-electron chi connectivity index (χ1n) is 6.81. The van der Waals surface area contributed by atoms with E-state index in [0.29, 0.717) is 18.4 Å². The minimum Gasteiger partial charge on any atom is -0.312 e. The maximum atomic E-state index is 12.3. The van der Waals surface area contributed by atoms with Gasteiger partial charge in [0, 0.05) is 24.3 Å². The zero-order valence-electron chi connectivity index (χ0n) is 12.3. The molecule has 3 heteroatoms. The van der Waals surface area contributed by atoms with Crippen LogP contribution in [0.5, 0.6) is 0 Å². The third-order valence-corrected chi connectivity index (χ3v) is 2.89. The van der Waals surface area contributed by atoms with E-state index in [-0.39, 0.29) is 5.56 Å². The summed E-state index contributed by atoms with van der Waals surface area (Å²) in [6.45, 7) is 13.0. The molecule has 1 aromatic heterocycles. The van der Waals surface area contributed by atoms with Crippen LogP contribution in [-0.4, -0.2) is 11.1 Å². The number of aromatic nitrogens is 1. The van der Waals surface area contributed by atoms with Gasteiger partial charge in [0.05, 0.1) is 0 Å². The Morgan fingerprint density at radius 1 is 1.17 bits per heavy atom. The molecule has 102 valence electrons. The zero-order chi connectivity index (χ0) is 13.7. The molecule has 1 aromatic rings. The lowest BCUT2D eigenvalue weighted by Crippen LogP contribution is -2.30. The van der Waals surface area contributed by atoms with Gasteiger partial charge in [-0.3, -0.25) is 4.79 Å². The van der Waals surface area contributed by atoms with Gasteiger partial charge in [-0.2, -0.15) is 0 Å².